The molecule has 0 bridgehead atoms. The van der Waals surface area contributed by atoms with Gasteiger partial charge in [0.15, 0.2) is 0 Å². The highest BCUT2D eigenvalue weighted by molar-refractivity contribution is 5.71. The quantitative estimate of drug-likeness (QED) is 0.588. The fourth-order valence-corrected chi connectivity index (χ4v) is 2.24. The van der Waals surface area contributed by atoms with E-state index in [1.165, 1.54) is 17.2 Å². The SMILES string of the molecule is O=[N+]([O-])c1cccc(-c2ccc3c(c2)CC=C3)c1. The van der Waals surface area contributed by atoms with Crippen LogP contribution >= 0.6 is 0 Å². The summed E-state index contributed by atoms with van der Waals surface area (Å²) in [6, 6.07) is 12.9. The number of allylic oxidation sites excluding steroid dienone is 1. The second-order valence-electron chi connectivity index (χ2n) is 4.33. The molecule has 0 saturated carbocycles. The Bertz CT molecular complexity index is 659. The van der Waals surface area contributed by atoms with Crippen LogP contribution in [0, 0.1) is 10.1 Å². The number of fused-ring (bicyclic) bond motifs is 1. The molecule has 2 aromatic rings. The predicted molar refractivity (Wildman–Crippen MR) is 71.3 cm³/mol. The molecule has 0 radical (unpaired) electrons. The van der Waals surface area contributed by atoms with E-state index in [0.29, 0.717) is 0 Å². The fraction of sp³-hybridized carbons (Fsp3) is 0.0667. The molecule has 0 heterocycles. The van der Waals surface area contributed by atoms with E-state index in [4.69, 9.17) is 0 Å². The van der Waals surface area contributed by atoms with Crippen LogP contribution in [0.1, 0.15) is 11.1 Å². The van der Waals surface area contributed by atoms with E-state index in [2.05, 4.69) is 24.3 Å². The molecule has 2 aromatic carbocycles. The standard InChI is InChI=1S/C15H11NO2/c17-16(18)15-6-2-5-13(10-15)14-8-7-11-3-1-4-12(11)9-14/h1-3,5-10H,4H2. The number of hydrogen-bond donors (Lipinski definition) is 0. The third-order valence-electron chi connectivity index (χ3n) is 3.17. The van der Waals surface area contributed by atoms with Gasteiger partial charge in [-0.05, 0) is 28.7 Å². The first-order chi connectivity index (χ1) is 8.74. The van der Waals surface area contributed by atoms with Gasteiger partial charge in [-0.3, -0.25) is 10.1 Å². The first-order valence-corrected chi connectivity index (χ1v) is 5.78. The van der Waals surface area contributed by atoms with Crippen molar-refractivity contribution in [2.45, 2.75) is 6.42 Å². The van der Waals surface area contributed by atoms with Gasteiger partial charge in [-0.25, -0.2) is 0 Å². The second kappa shape index (κ2) is 4.11. The molecule has 1 aliphatic carbocycles. The van der Waals surface area contributed by atoms with Gasteiger partial charge < -0.3 is 0 Å². The molecule has 0 aliphatic heterocycles. The van der Waals surface area contributed by atoms with Crippen LogP contribution in [-0.4, -0.2) is 4.92 Å². The van der Waals surface area contributed by atoms with Crippen LogP contribution in [0.5, 0.6) is 0 Å². The maximum absolute atomic E-state index is 10.8. The lowest BCUT2D eigenvalue weighted by molar-refractivity contribution is -0.384. The van der Waals surface area contributed by atoms with Crippen LogP contribution in [-0.2, 0) is 6.42 Å². The number of non-ortho nitro benzene ring substituents is 1. The van der Waals surface area contributed by atoms with Crippen molar-refractivity contribution >= 4 is 11.8 Å². The van der Waals surface area contributed by atoms with E-state index in [1.54, 1.807) is 12.1 Å². The summed E-state index contributed by atoms with van der Waals surface area (Å²) in [5.41, 5.74) is 4.56. The number of benzene rings is 2. The highest BCUT2D eigenvalue weighted by atomic mass is 16.6. The largest absolute Gasteiger partial charge is 0.270 e. The van der Waals surface area contributed by atoms with Gasteiger partial charge >= 0.3 is 0 Å². The molecule has 0 atom stereocenters. The first kappa shape index (κ1) is 10.7. The van der Waals surface area contributed by atoms with E-state index in [-0.39, 0.29) is 10.6 Å². The zero-order valence-corrected chi connectivity index (χ0v) is 9.67. The van der Waals surface area contributed by atoms with E-state index in [1.807, 2.05) is 12.1 Å². The normalized spacial score (nSPS) is 12.4. The Morgan fingerprint density at radius 1 is 1.06 bits per heavy atom. The van der Waals surface area contributed by atoms with Gasteiger partial charge in [-0.1, -0.05) is 42.5 Å². The third kappa shape index (κ3) is 1.80. The summed E-state index contributed by atoms with van der Waals surface area (Å²) in [6.07, 6.45) is 5.17. The minimum Gasteiger partial charge on any atom is -0.258 e. The average molecular weight is 237 g/mol. The number of rotatable bonds is 2. The van der Waals surface area contributed by atoms with Crippen LogP contribution in [0.3, 0.4) is 0 Å². The Morgan fingerprint density at radius 2 is 1.89 bits per heavy atom. The van der Waals surface area contributed by atoms with Gasteiger partial charge in [0.1, 0.15) is 0 Å². The number of nitro groups is 1. The Labute approximate surface area is 105 Å². The van der Waals surface area contributed by atoms with Crippen molar-refractivity contribution in [3.8, 4) is 11.1 Å². The van der Waals surface area contributed by atoms with Crippen LogP contribution < -0.4 is 0 Å². The Morgan fingerprint density at radius 3 is 2.72 bits per heavy atom. The number of nitrogens with zero attached hydrogens (tertiary/aromatic N) is 1. The van der Waals surface area contributed by atoms with Gasteiger partial charge in [-0.15, -0.1) is 0 Å². The zero-order chi connectivity index (χ0) is 12.5. The van der Waals surface area contributed by atoms with Crippen molar-refractivity contribution in [2.75, 3.05) is 0 Å². The molecule has 0 amide bonds. The lowest BCUT2D eigenvalue weighted by Crippen LogP contribution is -1.89. The fourth-order valence-electron chi connectivity index (χ4n) is 2.24. The predicted octanol–water partition coefficient (Wildman–Crippen LogP) is 3.83. The van der Waals surface area contributed by atoms with E-state index in [0.717, 1.165) is 17.5 Å². The number of hydrogen-bond acceptors (Lipinski definition) is 2. The third-order valence-corrected chi connectivity index (χ3v) is 3.17. The highest BCUT2D eigenvalue weighted by Crippen LogP contribution is 2.28. The Kier molecular flexibility index (Phi) is 2.45. The van der Waals surface area contributed by atoms with Crippen LogP contribution in [0.2, 0.25) is 0 Å². The molecular formula is C15H11NO2. The minimum atomic E-state index is -0.363. The average Bonchev–Trinajstić information content (AvgIpc) is 2.86. The highest BCUT2D eigenvalue weighted by Gasteiger charge is 2.10. The van der Waals surface area contributed by atoms with E-state index >= 15 is 0 Å². The lowest BCUT2D eigenvalue weighted by Gasteiger charge is -2.05. The van der Waals surface area contributed by atoms with Crippen LogP contribution in [0.4, 0.5) is 5.69 Å². The lowest BCUT2D eigenvalue weighted by atomic mass is 10.00. The van der Waals surface area contributed by atoms with E-state index in [9.17, 15) is 10.1 Å². The molecule has 3 rings (SSSR count). The van der Waals surface area contributed by atoms with Crippen LogP contribution in [0.15, 0.2) is 48.5 Å². The topological polar surface area (TPSA) is 43.1 Å². The molecule has 0 fully saturated rings. The monoisotopic (exact) mass is 237 g/mol. The van der Waals surface area contributed by atoms with Crippen molar-refractivity contribution in [3.05, 3.63) is 69.8 Å². The summed E-state index contributed by atoms with van der Waals surface area (Å²) in [5.74, 6) is 0. The summed E-state index contributed by atoms with van der Waals surface area (Å²) in [5, 5.41) is 10.8. The molecule has 88 valence electrons. The Balaban J connectivity index is 2.05. The molecule has 0 N–H and O–H groups in total. The molecule has 0 unspecified atom stereocenters. The van der Waals surface area contributed by atoms with Crippen molar-refractivity contribution < 1.29 is 4.92 Å². The van der Waals surface area contributed by atoms with Crippen molar-refractivity contribution in [3.63, 3.8) is 0 Å². The van der Waals surface area contributed by atoms with Crippen molar-refractivity contribution in [1.82, 2.24) is 0 Å². The first-order valence-electron chi connectivity index (χ1n) is 5.78. The molecule has 0 saturated heterocycles. The maximum atomic E-state index is 10.8. The molecular weight excluding hydrogens is 226 g/mol. The molecule has 18 heavy (non-hydrogen) atoms. The summed E-state index contributed by atoms with van der Waals surface area (Å²) in [4.78, 5) is 10.4. The van der Waals surface area contributed by atoms with Gasteiger partial charge in [-0.2, -0.15) is 0 Å². The van der Waals surface area contributed by atoms with Gasteiger partial charge in [0.25, 0.3) is 5.69 Å². The molecule has 0 spiro atoms. The summed E-state index contributed by atoms with van der Waals surface area (Å²) in [6.45, 7) is 0. The molecule has 3 heteroatoms. The van der Waals surface area contributed by atoms with Crippen molar-refractivity contribution in [2.24, 2.45) is 0 Å². The molecule has 3 nitrogen and oxygen atoms in total. The van der Waals surface area contributed by atoms with Gasteiger partial charge in [0, 0.05) is 12.1 Å². The Hall–Kier alpha value is -2.42. The van der Waals surface area contributed by atoms with E-state index < -0.39 is 0 Å². The zero-order valence-electron chi connectivity index (χ0n) is 9.67. The maximum Gasteiger partial charge on any atom is 0.270 e. The summed E-state index contributed by atoms with van der Waals surface area (Å²) in [7, 11) is 0. The summed E-state index contributed by atoms with van der Waals surface area (Å²) >= 11 is 0. The summed E-state index contributed by atoms with van der Waals surface area (Å²) < 4.78 is 0. The molecule has 0 aromatic heterocycles. The number of nitro benzene ring substituents is 1. The van der Waals surface area contributed by atoms with Crippen molar-refractivity contribution in [1.29, 1.82) is 0 Å². The second-order valence-corrected chi connectivity index (χ2v) is 4.33. The molecule has 1 aliphatic rings. The van der Waals surface area contributed by atoms with Crippen LogP contribution in [0.25, 0.3) is 17.2 Å². The minimum absolute atomic E-state index is 0.131. The smallest absolute Gasteiger partial charge is 0.258 e. The van der Waals surface area contributed by atoms with Gasteiger partial charge in [0.05, 0.1) is 4.92 Å². The van der Waals surface area contributed by atoms with Gasteiger partial charge in [0.2, 0.25) is 0 Å².